The van der Waals surface area contributed by atoms with Crippen molar-refractivity contribution in [1.29, 1.82) is 0 Å². The van der Waals surface area contributed by atoms with Crippen molar-refractivity contribution in [2.75, 3.05) is 11.1 Å². The highest BCUT2D eigenvalue weighted by molar-refractivity contribution is 7.99. The molecule has 2 heterocycles. The molecule has 1 unspecified atom stereocenters. The molecule has 1 aromatic carbocycles. The van der Waals surface area contributed by atoms with Gasteiger partial charge in [0.15, 0.2) is 17.1 Å². The van der Waals surface area contributed by atoms with E-state index in [1.54, 1.807) is 6.07 Å². The molecule has 1 N–H and O–H groups in total. The number of carbonyl (C=O) groups is 2. The largest absolute Gasteiger partial charge is 0.483 e. The summed E-state index contributed by atoms with van der Waals surface area (Å²) in [5, 5.41) is 13.5. The summed E-state index contributed by atoms with van der Waals surface area (Å²) in [7, 11) is 0. The first-order valence-electron chi connectivity index (χ1n) is 12.8. The van der Waals surface area contributed by atoms with E-state index in [0.29, 0.717) is 38.9 Å². The Labute approximate surface area is 236 Å². The molecule has 11 heteroatoms. The number of hydrogen-bond acceptors (Lipinski definition) is 8. The fraction of sp³-hybridized carbons (Fsp3) is 0.481. The number of ether oxygens (including phenoxy) is 2. The third kappa shape index (κ3) is 6.52. The summed E-state index contributed by atoms with van der Waals surface area (Å²) in [6.07, 6.45) is 3.29. The van der Waals surface area contributed by atoms with Crippen LogP contribution in [0.4, 0.5) is 5.00 Å². The number of thioether (sulfide) groups is 1. The van der Waals surface area contributed by atoms with Crippen molar-refractivity contribution in [3.05, 3.63) is 50.6 Å². The fourth-order valence-electron chi connectivity index (χ4n) is 4.39. The summed E-state index contributed by atoms with van der Waals surface area (Å²) < 4.78 is 13.5. The van der Waals surface area contributed by atoms with Gasteiger partial charge in [-0.2, -0.15) is 0 Å². The number of hydrogen-bond donors (Lipinski definition) is 1. The van der Waals surface area contributed by atoms with E-state index in [4.69, 9.17) is 21.1 Å². The van der Waals surface area contributed by atoms with Gasteiger partial charge >= 0.3 is 5.97 Å². The van der Waals surface area contributed by atoms with Gasteiger partial charge in [-0.1, -0.05) is 23.4 Å². The summed E-state index contributed by atoms with van der Waals surface area (Å²) >= 11 is 8.91. The lowest BCUT2D eigenvalue weighted by Crippen LogP contribution is -2.19. The van der Waals surface area contributed by atoms with Gasteiger partial charge in [0.1, 0.15) is 10.8 Å². The number of carbonyl (C=O) groups excluding carboxylic acids is 2. The normalized spacial score (nSPS) is 13.8. The number of amides is 1. The first kappa shape index (κ1) is 28.4. The van der Waals surface area contributed by atoms with E-state index in [1.807, 2.05) is 51.3 Å². The molecule has 8 nitrogen and oxygen atoms in total. The summed E-state index contributed by atoms with van der Waals surface area (Å²) in [6.45, 7) is 10.1. The van der Waals surface area contributed by atoms with Crippen molar-refractivity contribution in [2.24, 2.45) is 0 Å². The molecule has 0 radical (unpaired) electrons. The maximum atomic E-state index is 13.0. The van der Waals surface area contributed by atoms with Crippen molar-refractivity contribution < 1.29 is 19.1 Å². The molecule has 0 saturated carbocycles. The minimum atomic E-state index is -0.373. The standard InChI is InChI=1S/C27H33ClN4O4S2/c1-6-32-24(17(5)36-18-11-12-20(28)16(4)13-18)30-31-27(32)37-14-22(33)29-25-23(26(34)35-15(2)3)19-9-7-8-10-21(19)38-25/h11-13,15,17H,6-10,14H2,1-5H3,(H,29,33). The molecule has 3 aromatic rings. The maximum absolute atomic E-state index is 13.0. The average molecular weight is 577 g/mol. The lowest BCUT2D eigenvalue weighted by molar-refractivity contribution is -0.113. The first-order valence-corrected chi connectivity index (χ1v) is 15.0. The van der Waals surface area contributed by atoms with Gasteiger partial charge in [-0.3, -0.25) is 4.79 Å². The zero-order chi connectivity index (χ0) is 27.4. The van der Waals surface area contributed by atoms with Gasteiger partial charge in [0.2, 0.25) is 5.91 Å². The number of anilines is 1. The maximum Gasteiger partial charge on any atom is 0.341 e. The zero-order valence-corrected chi connectivity index (χ0v) is 24.7. The number of thiophene rings is 1. The molecule has 1 aliphatic carbocycles. The van der Waals surface area contributed by atoms with E-state index in [9.17, 15) is 9.59 Å². The average Bonchev–Trinajstić information content (AvgIpc) is 3.45. The number of nitrogens with one attached hydrogen (secondary N) is 1. The lowest BCUT2D eigenvalue weighted by Gasteiger charge is -2.16. The SMILES string of the molecule is CCn1c(SCC(=O)Nc2sc3c(c2C(=O)OC(C)C)CCCC3)nnc1C(C)Oc1ccc(Cl)c(C)c1. The molecule has 1 atom stereocenters. The summed E-state index contributed by atoms with van der Waals surface area (Å²) in [5.41, 5.74) is 2.47. The number of nitrogens with zero attached hydrogens (tertiary/aromatic N) is 3. The van der Waals surface area contributed by atoms with Crippen LogP contribution in [0, 0.1) is 6.92 Å². The number of rotatable bonds is 10. The second-order valence-corrected chi connectivity index (χ2v) is 11.9. The molecule has 0 aliphatic heterocycles. The number of aryl methyl sites for hydroxylation is 2. The minimum absolute atomic E-state index is 0.130. The highest BCUT2D eigenvalue weighted by atomic mass is 35.5. The molecule has 1 aliphatic rings. The van der Waals surface area contributed by atoms with E-state index in [2.05, 4.69) is 15.5 Å². The number of benzene rings is 1. The Morgan fingerprint density at radius 1 is 1.21 bits per heavy atom. The van der Waals surface area contributed by atoms with Gasteiger partial charge in [0.05, 0.1) is 17.4 Å². The molecular formula is C27H33ClN4O4S2. The van der Waals surface area contributed by atoms with E-state index < -0.39 is 0 Å². The topological polar surface area (TPSA) is 95.3 Å². The van der Waals surface area contributed by atoms with Gasteiger partial charge in [0.25, 0.3) is 0 Å². The molecule has 1 amide bonds. The summed E-state index contributed by atoms with van der Waals surface area (Å²) in [4.78, 5) is 27.0. The molecule has 204 valence electrons. The highest BCUT2D eigenvalue weighted by Gasteiger charge is 2.28. The first-order chi connectivity index (χ1) is 18.2. The van der Waals surface area contributed by atoms with Crippen molar-refractivity contribution in [2.45, 2.75) is 84.2 Å². The van der Waals surface area contributed by atoms with Gasteiger partial charge in [-0.15, -0.1) is 21.5 Å². The second kappa shape index (κ2) is 12.5. The minimum Gasteiger partial charge on any atom is -0.483 e. The van der Waals surface area contributed by atoms with Crippen LogP contribution < -0.4 is 10.1 Å². The van der Waals surface area contributed by atoms with Crippen LogP contribution in [0.25, 0.3) is 0 Å². The van der Waals surface area contributed by atoms with Crippen LogP contribution in [0.5, 0.6) is 5.75 Å². The van der Waals surface area contributed by atoms with Gasteiger partial charge in [-0.25, -0.2) is 4.79 Å². The van der Waals surface area contributed by atoms with Crippen molar-refractivity contribution >= 4 is 51.6 Å². The number of halogens is 1. The Hall–Kier alpha value is -2.56. The molecule has 4 rings (SSSR count). The Morgan fingerprint density at radius 3 is 2.68 bits per heavy atom. The van der Waals surface area contributed by atoms with Crippen LogP contribution in [-0.2, 0) is 28.9 Å². The Kier molecular flexibility index (Phi) is 9.38. The van der Waals surface area contributed by atoms with Crippen LogP contribution in [0.3, 0.4) is 0 Å². The zero-order valence-electron chi connectivity index (χ0n) is 22.3. The predicted octanol–water partition coefficient (Wildman–Crippen LogP) is 6.64. The molecular weight excluding hydrogens is 544 g/mol. The van der Waals surface area contributed by atoms with E-state index in [1.165, 1.54) is 23.1 Å². The van der Waals surface area contributed by atoms with Crippen LogP contribution >= 0.6 is 34.7 Å². The Morgan fingerprint density at radius 2 is 1.97 bits per heavy atom. The van der Waals surface area contributed by atoms with Crippen LogP contribution in [-0.4, -0.2) is 38.5 Å². The van der Waals surface area contributed by atoms with Crippen LogP contribution in [0.2, 0.25) is 5.02 Å². The number of fused-ring (bicyclic) bond motifs is 1. The smallest absolute Gasteiger partial charge is 0.341 e. The lowest BCUT2D eigenvalue weighted by atomic mass is 9.95. The van der Waals surface area contributed by atoms with Crippen LogP contribution in [0.1, 0.15) is 78.8 Å². The molecule has 38 heavy (non-hydrogen) atoms. The second-order valence-electron chi connectivity index (χ2n) is 9.46. The highest BCUT2D eigenvalue weighted by Crippen LogP contribution is 2.39. The third-order valence-corrected chi connectivity index (χ3v) is 8.77. The molecule has 0 saturated heterocycles. The van der Waals surface area contributed by atoms with Crippen molar-refractivity contribution in [1.82, 2.24) is 14.8 Å². The third-order valence-electron chi connectivity index (χ3n) is 6.17. The van der Waals surface area contributed by atoms with Gasteiger partial charge in [0, 0.05) is 16.4 Å². The Balaban J connectivity index is 1.44. The van der Waals surface area contributed by atoms with E-state index >= 15 is 0 Å². The van der Waals surface area contributed by atoms with E-state index in [0.717, 1.165) is 41.7 Å². The monoisotopic (exact) mass is 576 g/mol. The quantitative estimate of drug-likeness (QED) is 0.213. The summed E-state index contributed by atoms with van der Waals surface area (Å²) in [5.74, 6) is 0.921. The fourth-order valence-corrected chi connectivity index (χ4v) is 6.61. The number of aromatic nitrogens is 3. The van der Waals surface area contributed by atoms with Crippen LogP contribution in [0.15, 0.2) is 23.4 Å². The molecule has 2 aromatic heterocycles. The van der Waals surface area contributed by atoms with Gasteiger partial charge < -0.3 is 19.4 Å². The van der Waals surface area contributed by atoms with Gasteiger partial charge in [-0.05, 0) is 89.6 Å². The molecule has 0 bridgehead atoms. The van der Waals surface area contributed by atoms with Crippen molar-refractivity contribution in [3.63, 3.8) is 0 Å². The number of esters is 1. The molecule has 0 fully saturated rings. The van der Waals surface area contributed by atoms with Crippen molar-refractivity contribution in [3.8, 4) is 5.75 Å². The molecule has 0 spiro atoms. The summed E-state index contributed by atoms with van der Waals surface area (Å²) in [6, 6.07) is 5.52. The predicted molar refractivity (Wildman–Crippen MR) is 152 cm³/mol. The Bertz CT molecular complexity index is 1320. The van der Waals surface area contributed by atoms with E-state index in [-0.39, 0.29) is 29.8 Å².